The SMILES string of the molecule is Cc1ccc(C(=O)C(C)NC(C)(C)C)s1.Cl. The Kier molecular flexibility index (Phi) is 5.66. The molecule has 0 aliphatic carbocycles. The second-order valence-corrected chi connectivity index (χ2v) is 6.18. The van der Waals surface area contributed by atoms with Gasteiger partial charge in [-0.25, -0.2) is 0 Å². The van der Waals surface area contributed by atoms with Crippen molar-refractivity contribution in [3.05, 3.63) is 21.9 Å². The van der Waals surface area contributed by atoms with E-state index in [0.717, 1.165) is 4.88 Å². The molecule has 2 nitrogen and oxygen atoms in total. The summed E-state index contributed by atoms with van der Waals surface area (Å²) in [6.07, 6.45) is 0. The molecule has 92 valence electrons. The van der Waals surface area contributed by atoms with Crippen molar-refractivity contribution in [1.29, 1.82) is 0 Å². The summed E-state index contributed by atoms with van der Waals surface area (Å²) in [5.74, 6) is 0.183. The fourth-order valence-corrected chi connectivity index (χ4v) is 2.39. The van der Waals surface area contributed by atoms with Gasteiger partial charge in [-0.15, -0.1) is 23.7 Å². The molecule has 4 heteroatoms. The highest BCUT2D eigenvalue weighted by Crippen LogP contribution is 2.17. The molecule has 0 saturated heterocycles. The molecule has 1 atom stereocenters. The van der Waals surface area contributed by atoms with Gasteiger partial charge in [-0.3, -0.25) is 4.79 Å². The first-order valence-electron chi connectivity index (χ1n) is 5.18. The molecule has 0 saturated carbocycles. The maximum Gasteiger partial charge on any atom is 0.189 e. The zero-order valence-corrected chi connectivity index (χ0v) is 12.1. The average molecular weight is 262 g/mol. The van der Waals surface area contributed by atoms with Gasteiger partial charge in [0.1, 0.15) is 0 Å². The normalized spacial score (nSPS) is 13.1. The zero-order chi connectivity index (χ0) is 11.6. The number of carbonyl (C=O) groups is 1. The Hall–Kier alpha value is -0.380. The lowest BCUT2D eigenvalue weighted by Gasteiger charge is -2.24. The number of hydrogen-bond acceptors (Lipinski definition) is 3. The maximum atomic E-state index is 12.0. The number of aryl methyl sites for hydroxylation is 1. The van der Waals surface area contributed by atoms with Crippen molar-refractivity contribution in [3.63, 3.8) is 0 Å². The summed E-state index contributed by atoms with van der Waals surface area (Å²) in [6.45, 7) is 10.1. The lowest BCUT2D eigenvalue weighted by Crippen LogP contribution is -2.45. The summed E-state index contributed by atoms with van der Waals surface area (Å²) in [6, 6.07) is 3.77. The Morgan fingerprint density at radius 1 is 1.38 bits per heavy atom. The van der Waals surface area contributed by atoms with E-state index in [4.69, 9.17) is 0 Å². The van der Waals surface area contributed by atoms with E-state index in [-0.39, 0.29) is 29.8 Å². The van der Waals surface area contributed by atoms with Crippen LogP contribution in [0.3, 0.4) is 0 Å². The van der Waals surface area contributed by atoms with E-state index < -0.39 is 0 Å². The van der Waals surface area contributed by atoms with E-state index in [1.54, 1.807) is 11.3 Å². The van der Waals surface area contributed by atoms with Crippen LogP contribution in [0.2, 0.25) is 0 Å². The number of ketones is 1. The molecule has 1 aromatic rings. The largest absolute Gasteiger partial charge is 0.303 e. The summed E-state index contributed by atoms with van der Waals surface area (Å²) in [4.78, 5) is 14.0. The minimum absolute atomic E-state index is 0. The Morgan fingerprint density at radius 3 is 2.31 bits per heavy atom. The minimum Gasteiger partial charge on any atom is -0.303 e. The molecule has 1 rings (SSSR count). The van der Waals surface area contributed by atoms with Crippen LogP contribution in [-0.4, -0.2) is 17.4 Å². The van der Waals surface area contributed by atoms with Crippen LogP contribution in [0.25, 0.3) is 0 Å². The number of rotatable bonds is 3. The van der Waals surface area contributed by atoms with Crippen LogP contribution < -0.4 is 5.32 Å². The van der Waals surface area contributed by atoms with Gasteiger partial charge in [0.25, 0.3) is 0 Å². The molecule has 0 aliphatic rings. The highest BCUT2D eigenvalue weighted by Gasteiger charge is 2.21. The molecule has 1 aromatic heterocycles. The lowest BCUT2D eigenvalue weighted by molar-refractivity contribution is 0.0940. The summed E-state index contributed by atoms with van der Waals surface area (Å²) >= 11 is 1.56. The van der Waals surface area contributed by atoms with Gasteiger partial charge in [0, 0.05) is 10.4 Å². The van der Waals surface area contributed by atoms with Crippen LogP contribution in [0.4, 0.5) is 0 Å². The Labute approximate surface area is 108 Å². The van der Waals surface area contributed by atoms with E-state index in [0.29, 0.717) is 0 Å². The summed E-state index contributed by atoms with van der Waals surface area (Å²) in [5, 5.41) is 3.28. The van der Waals surface area contributed by atoms with Gasteiger partial charge in [0.15, 0.2) is 5.78 Å². The van der Waals surface area contributed by atoms with Crippen molar-refractivity contribution in [2.75, 3.05) is 0 Å². The van der Waals surface area contributed by atoms with Gasteiger partial charge in [0.2, 0.25) is 0 Å². The average Bonchev–Trinajstić information content (AvgIpc) is 2.47. The molecule has 0 amide bonds. The fraction of sp³-hybridized carbons (Fsp3) is 0.583. The standard InChI is InChI=1S/C12H19NOS.ClH/c1-8-6-7-10(15-8)11(14)9(2)13-12(3,4)5;/h6-7,9,13H,1-5H3;1H. The van der Waals surface area contributed by atoms with Gasteiger partial charge in [-0.1, -0.05) is 0 Å². The van der Waals surface area contributed by atoms with E-state index in [2.05, 4.69) is 26.1 Å². The first-order chi connectivity index (χ1) is 6.79. The van der Waals surface area contributed by atoms with E-state index >= 15 is 0 Å². The van der Waals surface area contributed by atoms with Crippen LogP contribution in [0.15, 0.2) is 12.1 Å². The second-order valence-electron chi connectivity index (χ2n) is 4.89. The van der Waals surface area contributed by atoms with Crippen LogP contribution in [-0.2, 0) is 0 Å². The van der Waals surface area contributed by atoms with Crippen LogP contribution in [0.1, 0.15) is 42.2 Å². The molecule has 0 bridgehead atoms. The molecular weight excluding hydrogens is 242 g/mol. The smallest absolute Gasteiger partial charge is 0.189 e. The van der Waals surface area contributed by atoms with Crippen LogP contribution in [0, 0.1) is 6.92 Å². The number of Topliss-reactive ketones (excluding diaryl/α,β-unsaturated/α-hetero) is 1. The van der Waals surface area contributed by atoms with Crippen molar-refractivity contribution in [2.45, 2.75) is 46.2 Å². The Bertz CT molecular complexity index is 354. The van der Waals surface area contributed by atoms with E-state index in [1.807, 2.05) is 26.0 Å². The molecule has 0 fully saturated rings. The molecule has 0 radical (unpaired) electrons. The van der Waals surface area contributed by atoms with E-state index in [1.165, 1.54) is 4.88 Å². The Balaban J connectivity index is 0.00000225. The highest BCUT2D eigenvalue weighted by atomic mass is 35.5. The summed E-state index contributed by atoms with van der Waals surface area (Å²) in [5.41, 5.74) is -0.0264. The van der Waals surface area contributed by atoms with Crippen LogP contribution >= 0.6 is 23.7 Å². The van der Waals surface area contributed by atoms with Gasteiger partial charge in [0.05, 0.1) is 10.9 Å². The predicted octanol–water partition coefficient (Wildman–Crippen LogP) is 3.44. The minimum atomic E-state index is -0.122. The first-order valence-corrected chi connectivity index (χ1v) is 5.99. The molecule has 1 unspecified atom stereocenters. The maximum absolute atomic E-state index is 12.0. The number of nitrogens with one attached hydrogen (secondary N) is 1. The lowest BCUT2D eigenvalue weighted by atomic mass is 10.1. The van der Waals surface area contributed by atoms with Gasteiger partial charge in [-0.05, 0) is 46.8 Å². The molecule has 0 aliphatic heterocycles. The van der Waals surface area contributed by atoms with Crippen molar-refractivity contribution in [1.82, 2.24) is 5.32 Å². The van der Waals surface area contributed by atoms with Crippen molar-refractivity contribution in [2.24, 2.45) is 0 Å². The summed E-state index contributed by atoms with van der Waals surface area (Å²) < 4.78 is 0. The third-order valence-corrected chi connectivity index (χ3v) is 3.04. The predicted molar refractivity (Wildman–Crippen MR) is 73.0 cm³/mol. The van der Waals surface area contributed by atoms with E-state index in [9.17, 15) is 4.79 Å². The monoisotopic (exact) mass is 261 g/mol. The molecule has 0 spiro atoms. The molecule has 1 heterocycles. The number of carbonyl (C=O) groups excluding carboxylic acids is 1. The second kappa shape index (κ2) is 5.80. The summed E-state index contributed by atoms with van der Waals surface area (Å²) in [7, 11) is 0. The van der Waals surface area contributed by atoms with Crippen molar-refractivity contribution < 1.29 is 4.79 Å². The van der Waals surface area contributed by atoms with Crippen LogP contribution in [0.5, 0.6) is 0 Å². The molecule has 0 aromatic carbocycles. The van der Waals surface area contributed by atoms with Crippen molar-refractivity contribution in [3.8, 4) is 0 Å². The zero-order valence-electron chi connectivity index (χ0n) is 10.5. The third-order valence-electron chi connectivity index (χ3n) is 2.03. The third kappa shape index (κ3) is 4.64. The number of hydrogen-bond donors (Lipinski definition) is 1. The quantitative estimate of drug-likeness (QED) is 0.845. The number of thiophene rings is 1. The Morgan fingerprint density at radius 2 is 1.94 bits per heavy atom. The van der Waals surface area contributed by atoms with Gasteiger partial charge >= 0.3 is 0 Å². The van der Waals surface area contributed by atoms with Crippen molar-refractivity contribution >= 4 is 29.5 Å². The molecule has 1 N–H and O–H groups in total. The topological polar surface area (TPSA) is 29.1 Å². The van der Waals surface area contributed by atoms with Gasteiger partial charge in [-0.2, -0.15) is 0 Å². The first kappa shape index (κ1) is 15.6. The van der Waals surface area contributed by atoms with Gasteiger partial charge < -0.3 is 5.32 Å². The molecule has 16 heavy (non-hydrogen) atoms. The highest BCUT2D eigenvalue weighted by molar-refractivity contribution is 7.14. The molecular formula is C12H20ClNOS. The number of halogens is 1. The fourth-order valence-electron chi connectivity index (χ4n) is 1.50.